The molecular formula is C15H12Cl2N2OS. The van der Waals surface area contributed by atoms with E-state index in [0.29, 0.717) is 27.8 Å². The fourth-order valence-corrected chi connectivity index (χ4v) is 3.73. The number of nitrogens with two attached hydrogens (primary N) is 1. The lowest BCUT2D eigenvalue weighted by Gasteiger charge is -2.29. The van der Waals surface area contributed by atoms with Gasteiger partial charge in [-0.3, -0.25) is 4.79 Å². The summed E-state index contributed by atoms with van der Waals surface area (Å²) in [5.74, 6) is 0.741. The van der Waals surface area contributed by atoms with Crippen molar-refractivity contribution in [1.82, 2.24) is 0 Å². The first kappa shape index (κ1) is 14.6. The maximum atomic E-state index is 12.7. The number of amides is 1. The van der Waals surface area contributed by atoms with Crippen molar-refractivity contribution in [2.45, 2.75) is 4.90 Å². The van der Waals surface area contributed by atoms with Crippen LogP contribution in [0.25, 0.3) is 0 Å². The summed E-state index contributed by atoms with van der Waals surface area (Å²) in [5.41, 5.74) is 7.37. The second-order valence-electron chi connectivity index (χ2n) is 4.63. The minimum absolute atomic E-state index is 0.119. The average molecular weight is 339 g/mol. The van der Waals surface area contributed by atoms with E-state index in [1.54, 1.807) is 28.8 Å². The minimum Gasteiger partial charge on any atom is -0.396 e. The largest absolute Gasteiger partial charge is 0.396 e. The molecular weight excluding hydrogens is 327 g/mol. The Balaban J connectivity index is 2.00. The van der Waals surface area contributed by atoms with Crippen LogP contribution in [0.1, 0.15) is 10.4 Å². The summed E-state index contributed by atoms with van der Waals surface area (Å²) in [5, 5.41) is 0.594. The molecule has 0 atom stereocenters. The first-order valence-corrected chi connectivity index (χ1v) is 8.10. The molecule has 6 heteroatoms. The molecule has 0 bridgehead atoms. The number of para-hydroxylation sites is 1. The van der Waals surface area contributed by atoms with Gasteiger partial charge < -0.3 is 10.6 Å². The molecule has 3 nitrogen and oxygen atoms in total. The van der Waals surface area contributed by atoms with E-state index < -0.39 is 0 Å². The van der Waals surface area contributed by atoms with Gasteiger partial charge in [-0.25, -0.2) is 0 Å². The Labute approximate surface area is 137 Å². The Morgan fingerprint density at radius 1 is 1.19 bits per heavy atom. The van der Waals surface area contributed by atoms with Gasteiger partial charge in [0.25, 0.3) is 5.91 Å². The van der Waals surface area contributed by atoms with E-state index in [9.17, 15) is 4.79 Å². The van der Waals surface area contributed by atoms with Gasteiger partial charge in [-0.15, -0.1) is 11.8 Å². The smallest absolute Gasteiger partial charge is 0.258 e. The highest BCUT2D eigenvalue weighted by atomic mass is 35.5. The van der Waals surface area contributed by atoms with Crippen LogP contribution in [0, 0.1) is 0 Å². The number of carbonyl (C=O) groups excluding carboxylic acids is 1. The molecule has 1 amide bonds. The van der Waals surface area contributed by atoms with Gasteiger partial charge >= 0.3 is 0 Å². The molecule has 21 heavy (non-hydrogen) atoms. The fraction of sp³-hybridized carbons (Fsp3) is 0.133. The third-order valence-electron chi connectivity index (χ3n) is 3.30. The summed E-state index contributed by atoms with van der Waals surface area (Å²) in [7, 11) is 0. The number of hydrogen-bond donors (Lipinski definition) is 1. The van der Waals surface area contributed by atoms with Gasteiger partial charge in [0.2, 0.25) is 0 Å². The van der Waals surface area contributed by atoms with E-state index in [-0.39, 0.29) is 5.91 Å². The highest BCUT2D eigenvalue weighted by Gasteiger charge is 2.24. The van der Waals surface area contributed by atoms with Crippen LogP contribution in [0.5, 0.6) is 0 Å². The Morgan fingerprint density at radius 3 is 2.57 bits per heavy atom. The lowest BCUT2D eigenvalue weighted by atomic mass is 10.1. The molecule has 3 rings (SSSR count). The molecule has 0 saturated carbocycles. The Kier molecular flexibility index (Phi) is 4.02. The number of nitrogens with zero attached hydrogens (tertiary/aromatic N) is 1. The molecule has 0 radical (unpaired) electrons. The SMILES string of the molecule is Nc1c(Cl)cc(C(=O)N2CCSc3ccccc32)cc1Cl. The standard InChI is InChI=1S/C15H12Cl2N2OS/c16-10-7-9(8-11(17)14(10)18)15(20)19-5-6-21-13-4-2-1-3-12(13)19/h1-4,7-8H,5-6,18H2. The summed E-state index contributed by atoms with van der Waals surface area (Å²) >= 11 is 13.8. The second-order valence-corrected chi connectivity index (χ2v) is 6.58. The zero-order valence-corrected chi connectivity index (χ0v) is 13.3. The Morgan fingerprint density at radius 2 is 1.86 bits per heavy atom. The first-order chi connectivity index (χ1) is 10.1. The number of carbonyl (C=O) groups is 1. The van der Waals surface area contributed by atoms with E-state index >= 15 is 0 Å². The third kappa shape index (κ3) is 2.71. The van der Waals surface area contributed by atoms with Gasteiger partial charge in [0.15, 0.2) is 0 Å². The van der Waals surface area contributed by atoms with Crippen LogP contribution in [0.4, 0.5) is 11.4 Å². The second kappa shape index (κ2) is 5.79. The average Bonchev–Trinajstić information content (AvgIpc) is 2.51. The van der Waals surface area contributed by atoms with Gasteiger partial charge in [-0.2, -0.15) is 0 Å². The monoisotopic (exact) mass is 338 g/mol. The van der Waals surface area contributed by atoms with Crippen LogP contribution in [0.15, 0.2) is 41.3 Å². The van der Waals surface area contributed by atoms with Crippen LogP contribution in [0.3, 0.4) is 0 Å². The Hall–Kier alpha value is -1.36. The van der Waals surface area contributed by atoms with Crippen molar-refractivity contribution in [2.75, 3.05) is 22.9 Å². The number of hydrogen-bond acceptors (Lipinski definition) is 3. The number of anilines is 2. The maximum absolute atomic E-state index is 12.7. The summed E-state index contributed by atoms with van der Waals surface area (Å²) in [6.07, 6.45) is 0. The predicted molar refractivity (Wildman–Crippen MR) is 89.7 cm³/mol. The molecule has 0 spiro atoms. The van der Waals surface area contributed by atoms with Crippen LogP contribution >= 0.6 is 35.0 Å². The zero-order chi connectivity index (χ0) is 15.0. The van der Waals surface area contributed by atoms with Crippen molar-refractivity contribution in [3.63, 3.8) is 0 Å². The van der Waals surface area contributed by atoms with Crippen LogP contribution in [-0.2, 0) is 0 Å². The molecule has 0 aliphatic carbocycles. The van der Waals surface area contributed by atoms with Crippen molar-refractivity contribution in [1.29, 1.82) is 0 Å². The number of halogens is 2. The number of fused-ring (bicyclic) bond motifs is 1. The fourth-order valence-electron chi connectivity index (χ4n) is 2.24. The van der Waals surface area contributed by atoms with Crippen molar-refractivity contribution < 1.29 is 4.79 Å². The molecule has 0 fully saturated rings. The molecule has 1 heterocycles. The van der Waals surface area contributed by atoms with E-state index in [1.165, 1.54) is 0 Å². The zero-order valence-electron chi connectivity index (χ0n) is 11.0. The lowest BCUT2D eigenvalue weighted by molar-refractivity contribution is 0.0987. The molecule has 0 saturated heterocycles. The molecule has 0 unspecified atom stereocenters. The van der Waals surface area contributed by atoms with Gasteiger partial charge in [0.05, 0.1) is 21.4 Å². The van der Waals surface area contributed by atoms with Crippen molar-refractivity contribution >= 4 is 52.2 Å². The normalized spacial score (nSPS) is 13.9. The molecule has 2 aromatic carbocycles. The molecule has 1 aliphatic heterocycles. The van der Waals surface area contributed by atoms with Gasteiger partial charge in [0, 0.05) is 22.8 Å². The summed E-state index contributed by atoms with van der Waals surface area (Å²) in [6, 6.07) is 11.0. The summed E-state index contributed by atoms with van der Waals surface area (Å²) < 4.78 is 0. The van der Waals surface area contributed by atoms with Gasteiger partial charge in [0.1, 0.15) is 0 Å². The number of thioether (sulfide) groups is 1. The number of nitrogen functional groups attached to an aromatic ring is 1. The van der Waals surface area contributed by atoms with Crippen LogP contribution in [0.2, 0.25) is 10.0 Å². The third-order valence-corrected chi connectivity index (χ3v) is 4.97. The quantitative estimate of drug-likeness (QED) is 0.787. The Bertz CT molecular complexity index is 698. The first-order valence-electron chi connectivity index (χ1n) is 6.36. The number of benzene rings is 2. The van der Waals surface area contributed by atoms with Crippen molar-refractivity contribution in [3.8, 4) is 0 Å². The molecule has 2 N–H and O–H groups in total. The maximum Gasteiger partial charge on any atom is 0.258 e. The number of rotatable bonds is 1. The van der Waals surface area contributed by atoms with Gasteiger partial charge in [-0.05, 0) is 24.3 Å². The van der Waals surface area contributed by atoms with E-state index in [2.05, 4.69) is 0 Å². The minimum atomic E-state index is -0.119. The summed E-state index contributed by atoms with van der Waals surface area (Å²) in [4.78, 5) is 15.6. The van der Waals surface area contributed by atoms with Crippen molar-refractivity contribution in [3.05, 3.63) is 52.0 Å². The topological polar surface area (TPSA) is 46.3 Å². The summed E-state index contributed by atoms with van der Waals surface area (Å²) in [6.45, 7) is 0.653. The molecule has 2 aromatic rings. The van der Waals surface area contributed by atoms with E-state index in [4.69, 9.17) is 28.9 Å². The van der Waals surface area contributed by atoms with Gasteiger partial charge in [-0.1, -0.05) is 35.3 Å². The van der Waals surface area contributed by atoms with E-state index in [0.717, 1.165) is 16.3 Å². The predicted octanol–water partition coefficient (Wildman–Crippen LogP) is 4.33. The highest BCUT2D eigenvalue weighted by molar-refractivity contribution is 7.99. The molecule has 108 valence electrons. The van der Waals surface area contributed by atoms with Crippen molar-refractivity contribution in [2.24, 2.45) is 0 Å². The van der Waals surface area contributed by atoms with E-state index in [1.807, 2.05) is 24.3 Å². The van der Waals surface area contributed by atoms with Crippen LogP contribution in [-0.4, -0.2) is 18.2 Å². The molecule has 1 aliphatic rings. The van der Waals surface area contributed by atoms with Crippen LogP contribution < -0.4 is 10.6 Å². The highest BCUT2D eigenvalue weighted by Crippen LogP contribution is 2.36. The lowest BCUT2D eigenvalue weighted by Crippen LogP contribution is -2.35. The molecule has 0 aromatic heterocycles.